The van der Waals surface area contributed by atoms with Gasteiger partial charge in [0.25, 0.3) is 0 Å². The molecule has 1 saturated carbocycles. The number of benzene rings is 2. The van der Waals surface area contributed by atoms with E-state index in [1.807, 2.05) is 51.1 Å². The Labute approximate surface area is 184 Å². The van der Waals surface area contributed by atoms with Crippen molar-refractivity contribution in [2.45, 2.75) is 74.5 Å². The van der Waals surface area contributed by atoms with E-state index in [-0.39, 0.29) is 11.3 Å². The predicted octanol–water partition coefficient (Wildman–Crippen LogP) is 5.19. The maximum absolute atomic E-state index is 13.7. The number of para-hydroxylation sites is 1. The van der Waals surface area contributed by atoms with Gasteiger partial charge >= 0.3 is 0 Å². The third-order valence-electron chi connectivity index (χ3n) is 5.40. The summed E-state index contributed by atoms with van der Waals surface area (Å²) in [7, 11) is -3.73. The number of carbonyl (C=O) groups excluding carboxylic acids is 1. The molecule has 3 rings (SSSR count). The van der Waals surface area contributed by atoms with E-state index < -0.39 is 26.1 Å². The molecule has 1 aliphatic rings. The van der Waals surface area contributed by atoms with Crippen LogP contribution in [0.25, 0.3) is 0 Å². The molecule has 0 aromatic heterocycles. The first-order valence-electron chi connectivity index (χ1n) is 10.7. The van der Waals surface area contributed by atoms with Crippen LogP contribution in [0.1, 0.15) is 59.3 Å². The van der Waals surface area contributed by atoms with Gasteiger partial charge in [0.05, 0.1) is 15.2 Å². The lowest BCUT2D eigenvalue weighted by Crippen LogP contribution is -2.46. The van der Waals surface area contributed by atoms with Crippen molar-refractivity contribution in [2.24, 2.45) is 0 Å². The highest BCUT2D eigenvalue weighted by molar-refractivity contribution is 7.92. The molecule has 2 aromatic rings. The first-order valence-corrected chi connectivity index (χ1v) is 12.1. The van der Waals surface area contributed by atoms with Gasteiger partial charge in [-0.25, -0.2) is 13.9 Å². The number of nitrogens with one attached hydrogen (secondary N) is 1. The number of hydroxylamine groups is 1. The molecule has 6 nitrogen and oxygen atoms in total. The second kappa shape index (κ2) is 9.40. The highest BCUT2D eigenvalue weighted by Gasteiger charge is 2.47. The van der Waals surface area contributed by atoms with Gasteiger partial charge in [-0.05, 0) is 70.0 Å². The van der Waals surface area contributed by atoms with E-state index in [0.717, 1.165) is 19.3 Å². The Morgan fingerprint density at radius 3 is 2.10 bits per heavy atom. The summed E-state index contributed by atoms with van der Waals surface area (Å²) in [4.78, 5) is 18.1. The van der Waals surface area contributed by atoms with Gasteiger partial charge in [-0.1, -0.05) is 37.5 Å². The van der Waals surface area contributed by atoms with Gasteiger partial charge in [-0.2, -0.15) is 0 Å². The molecular weight excluding hydrogens is 414 g/mol. The summed E-state index contributed by atoms with van der Waals surface area (Å²) in [6.07, 6.45) is 3.33. The van der Waals surface area contributed by atoms with E-state index in [4.69, 9.17) is 9.57 Å². The predicted molar refractivity (Wildman–Crippen MR) is 120 cm³/mol. The molecule has 0 unspecified atom stereocenters. The monoisotopic (exact) mass is 445 g/mol. The van der Waals surface area contributed by atoms with Crippen LogP contribution >= 0.6 is 0 Å². The lowest BCUT2D eigenvalue weighted by atomic mass is 9.86. The average Bonchev–Trinajstić information content (AvgIpc) is 2.73. The number of carbonyl (C=O) groups is 1. The number of sulfone groups is 1. The summed E-state index contributed by atoms with van der Waals surface area (Å²) in [6, 6.07) is 15.7. The van der Waals surface area contributed by atoms with Crippen molar-refractivity contribution in [3.05, 3.63) is 54.6 Å². The largest absolute Gasteiger partial charge is 0.457 e. The van der Waals surface area contributed by atoms with Crippen LogP contribution in [0.4, 0.5) is 0 Å². The molecule has 1 amide bonds. The Morgan fingerprint density at radius 2 is 1.52 bits per heavy atom. The standard InChI is InChI=1S/C24H31NO5S/c1-23(2,3)30-25-22(26)18-24(16-8-5-9-17-24)31(27,28)21-14-12-20(13-15-21)29-19-10-6-4-7-11-19/h4,6-7,10-15H,5,8-9,16-18H2,1-3H3,(H,25,26). The van der Waals surface area contributed by atoms with Gasteiger partial charge in [0.15, 0.2) is 9.84 Å². The molecule has 0 saturated heterocycles. The van der Waals surface area contributed by atoms with Crippen molar-refractivity contribution < 1.29 is 22.8 Å². The fourth-order valence-corrected chi connectivity index (χ4v) is 5.98. The minimum Gasteiger partial charge on any atom is -0.457 e. The summed E-state index contributed by atoms with van der Waals surface area (Å²) in [6.45, 7) is 5.46. The van der Waals surface area contributed by atoms with Crippen molar-refractivity contribution >= 4 is 15.7 Å². The first kappa shape index (κ1) is 23.3. The van der Waals surface area contributed by atoms with Gasteiger partial charge < -0.3 is 4.74 Å². The minimum atomic E-state index is -3.73. The third kappa shape index (κ3) is 5.86. The highest BCUT2D eigenvalue weighted by atomic mass is 32.2. The van der Waals surface area contributed by atoms with Gasteiger partial charge in [-0.15, -0.1) is 0 Å². The zero-order chi connectivity index (χ0) is 22.5. The Balaban J connectivity index is 1.80. The lowest BCUT2D eigenvalue weighted by Gasteiger charge is -2.36. The van der Waals surface area contributed by atoms with Gasteiger partial charge in [0.2, 0.25) is 5.91 Å². The number of hydrogen-bond acceptors (Lipinski definition) is 5. The SMILES string of the molecule is CC(C)(C)ONC(=O)CC1(S(=O)(=O)c2ccc(Oc3ccccc3)cc2)CCCCC1. The number of amides is 1. The highest BCUT2D eigenvalue weighted by Crippen LogP contribution is 2.42. The van der Waals surface area contributed by atoms with Crippen LogP contribution in [0.5, 0.6) is 11.5 Å². The van der Waals surface area contributed by atoms with E-state index in [0.29, 0.717) is 24.3 Å². The Kier molecular flexibility index (Phi) is 7.06. The Hall–Kier alpha value is -2.38. The summed E-state index contributed by atoms with van der Waals surface area (Å²) in [5.74, 6) is 0.820. The molecule has 1 aliphatic carbocycles. The van der Waals surface area contributed by atoms with Gasteiger partial charge in [0, 0.05) is 6.42 Å². The summed E-state index contributed by atoms with van der Waals surface area (Å²) in [5.41, 5.74) is 1.88. The summed E-state index contributed by atoms with van der Waals surface area (Å²) in [5, 5.41) is 0. The molecule has 0 bridgehead atoms. The van der Waals surface area contributed by atoms with Crippen molar-refractivity contribution in [3.8, 4) is 11.5 Å². The van der Waals surface area contributed by atoms with Crippen LogP contribution in [-0.2, 0) is 19.5 Å². The number of rotatable bonds is 7. The molecule has 7 heteroatoms. The Bertz CT molecular complexity index is 973. The molecule has 0 spiro atoms. The van der Waals surface area contributed by atoms with Crippen molar-refractivity contribution in [1.29, 1.82) is 0 Å². The van der Waals surface area contributed by atoms with Gasteiger partial charge in [0.1, 0.15) is 11.5 Å². The zero-order valence-corrected chi connectivity index (χ0v) is 19.2. The molecule has 0 radical (unpaired) electrons. The van der Waals surface area contributed by atoms with Crippen LogP contribution in [0.3, 0.4) is 0 Å². The summed E-state index contributed by atoms with van der Waals surface area (Å²) >= 11 is 0. The molecule has 1 fully saturated rings. The molecule has 31 heavy (non-hydrogen) atoms. The quantitative estimate of drug-likeness (QED) is 0.593. The van der Waals surface area contributed by atoms with Crippen molar-refractivity contribution in [3.63, 3.8) is 0 Å². The van der Waals surface area contributed by atoms with E-state index in [1.54, 1.807) is 24.3 Å². The van der Waals surface area contributed by atoms with E-state index in [1.165, 1.54) is 0 Å². The fourth-order valence-electron chi connectivity index (χ4n) is 3.84. The van der Waals surface area contributed by atoms with E-state index in [2.05, 4.69) is 5.48 Å². The number of ether oxygens (including phenoxy) is 1. The van der Waals surface area contributed by atoms with Crippen molar-refractivity contribution in [2.75, 3.05) is 0 Å². The Morgan fingerprint density at radius 1 is 0.935 bits per heavy atom. The van der Waals surface area contributed by atoms with Crippen molar-refractivity contribution in [1.82, 2.24) is 5.48 Å². The van der Waals surface area contributed by atoms with Crippen LogP contribution in [0, 0.1) is 0 Å². The molecule has 1 N–H and O–H groups in total. The maximum Gasteiger partial charge on any atom is 0.245 e. The molecule has 2 aromatic carbocycles. The van der Waals surface area contributed by atoms with Crippen LogP contribution in [0.2, 0.25) is 0 Å². The average molecular weight is 446 g/mol. The minimum absolute atomic E-state index is 0.117. The van der Waals surface area contributed by atoms with Crippen LogP contribution in [-0.4, -0.2) is 24.7 Å². The molecular formula is C24H31NO5S. The molecule has 168 valence electrons. The fraction of sp³-hybridized carbons (Fsp3) is 0.458. The first-order chi connectivity index (χ1) is 14.6. The topological polar surface area (TPSA) is 81.7 Å². The number of hydrogen-bond donors (Lipinski definition) is 1. The zero-order valence-electron chi connectivity index (χ0n) is 18.4. The maximum atomic E-state index is 13.7. The normalized spacial score (nSPS) is 16.5. The third-order valence-corrected chi connectivity index (χ3v) is 7.99. The smallest absolute Gasteiger partial charge is 0.245 e. The molecule has 0 atom stereocenters. The van der Waals surface area contributed by atoms with E-state index >= 15 is 0 Å². The van der Waals surface area contributed by atoms with Crippen LogP contribution < -0.4 is 10.2 Å². The summed E-state index contributed by atoms with van der Waals surface area (Å²) < 4.78 is 32.0. The lowest BCUT2D eigenvalue weighted by molar-refractivity contribution is -0.146. The van der Waals surface area contributed by atoms with E-state index in [9.17, 15) is 13.2 Å². The van der Waals surface area contributed by atoms with Crippen LogP contribution in [0.15, 0.2) is 59.5 Å². The second-order valence-corrected chi connectivity index (χ2v) is 11.4. The molecule has 0 aliphatic heterocycles. The van der Waals surface area contributed by atoms with Gasteiger partial charge in [-0.3, -0.25) is 9.63 Å². The molecule has 0 heterocycles. The second-order valence-electron chi connectivity index (χ2n) is 9.05.